The summed E-state index contributed by atoms with van der Waals surface area (Å²) in [5.41, 5.74) is 7.35. The molecule has 0 aromatic heterocycles. The summed E-state index contributed by atoms with van der Waals surface area (Å²) in [5.74, 6) is 1.71. The third kappa shape index (κ3) is 3.15. The quantitative estimate of drug-likeness (QED) is 0.852. The minimum atomic E-state index is -0.00807. The van der Waals surface area contributed by atoms with Crippen molar-refractivity contribution in [3.8, 4) is 11.5 Å². The predicted molar refractivity (Wildman–Crippen MR) is 83.0 cm³/mol. The largest absolute Gasteiger partial charge is 0.486 e. The van der Waals surface area contributed by atoms with Crippen molar-refractivity contribution < 1.29 is 9.47 Å². The minimum absolute atomic E-state index is 0.00807. The van der Waals surface area contributed by atoms with Gasteiger partial charge in [-0.1, -0.05) is 6.07 Å². The minimum Gasteiger partial charge on any atom is -0.486 e. The van der Waals surface area contributed by atoms with Crippen molar-refractivity contribution in [2.75, 3.05) is 45.9 Å². The van der Waals surface area contributed by atoms with E-state index in [-0.39, 0.29) is 5.54 Å². The average Bonchev–Trinajstić information content (AvgIpc) is 2.55. The number of nitrogens with zero attached hydrogens (tertiary/aromatic N) is 1. The van der Waals surface area contributed by atoms with Crippen LogP contribution in [0.5, 0.6) is 11.5 Å². The van der Waals surface area contributed by atoms with Crippen molar-refractivity contribution in [1.82, 2.24) is 10.2 Å². The lowest BCUT2D eigenvalue weighted by Crippen LogP contribution is -2.59. The van der Waals surface area contributed by atoms with E-state index in [1.165, 1.54) is 5.56 Å². The molecule has 1 aromatic carbocycles. The second-order valence-electron chi connectivity index (χ2n) is 6.09. The smallest absolute Gasteiger partial charge is 0.161 e. The topological polar surface area (TPSA) is 59.8 Å². The molecule has 3 N–H and O–H groups in total. The first kappa shape index (κ1) is 14.6. The van der Waals surface area contributed by atoms with Crippen LogP contribution >= 0.6 is 0 Å². The molecule has 0 aliphatic carbocycles. The van der Waals surface area contributed by atoms with Gasteiger partial charge in [0.25, 0.3) is 0 Å². The van der Waals surface area contributed by atoms with Crippen LogP contribution < -0.4 is 20.5 Å². The zero-order valence-corrected chi connectivity index (χ0v) is 12.7. The standard InChI is InChI=1S/C16H25N3O2/c1-16(12-17,19-6-4-18-5-7-19)11-13-2-3-14-15(10-13)21-9-8-20-14/h2-3,10,18H,4-9,11-12,17H2,1H3. The fourth-order valence-corrected chi connectivity index (χ4v) is 3.16. The maximum atomic E-state index is 6.11. The Morgan fingerprint density at radius 2 is 1.90 bits per heavy atom. The number of rotatable bonds is 4. The molecule has 2 heterocycles. The van der Waals surface area contributed by atoms with Crippen molar-refractivity contribution >= 4 is 0 Å². The molecule has 1 aromatic rings. The van der Waals surface area contributed by atoms with Crippen LogP contribution in [0.25, 0.3) is 0 Å². The third-order valence-electron chi connectivity index (χ3n) is 4.51. The lowest BCUT2D eigenvalue weighted by atomic mass is 9.90. The molecule has 1 saturated heterocycles. The van der Waals surface area contributed by atoms with Gasteiger partial charge in [-0.3, -0.25) is 4.90 Å². The van der Waals surface area contributed by atoms with Gasteiger partial charge < -0.3 is 20.5 Å². The van der Waals surface area contributed by atoms with Gasteiger partial charge in [0.2, 0.25) is 0 Å². The molecule has 2 aliphatic rings. The molecule has 1 fully saturated rings. The van der Waals surface area contributed by atoms with Crippen LogP contribution in [0.2, 0.25) is 0 Å². The number of piperazine rings is 1. The van der Waals surface area contributed by atoms with E-state index in [0.717, 1.165) is 44.1 Å². The maximum absolute atomic E-state index is 6.11. The summed E-state index contributed by atoms with van der Waals surface area (Å²) in [6.07, 6.45) is 0.931. The van der Waals surface area contributed by atoms with Crippen LogP contribution in [0.3, 0.4) is 0 Å². The second kappa shape index (κ2) is 6.22. The molecule has 21 heavy (non-hydrogen) atoms. The van der Waals surface area contributed by atoms with Crippen LogP contribution in [-0.2, 0) is 6.42 Å². The number of fused-ring (bicyclic) bond motifs is 1. The molecule has 3 rings (SSSR count). The normalized spacial score (nSPS) is 21.8. The van der Waals surface area contributed by atoms with Gasteiger partial charge in [0.1, 0.15) is 13.2 Å². The Bertz CT molecular complexity index is 488. The van der Waals surface area contributed by atoms with Crippen LogP contribution in [-0.4, -0.2) is 56.4 Å². The first-order valence-corrected chi connectivity index (χ1v) is 7.76. The van der Waals surface area contributed by atoms with Crippen molar-refractivity contribution in [2.24, 2.45) is 5.73 Å². The Kier molecular flexibility index (Phi) is 4.33. The molecular formula is C16H25N3O2. The molecule has 1 atom stereocenters. The van der Waals surface area contributed by atoms with Crippen LogP contribution in [0, 0.1) is 0 Å². The number of ether oxygens (including phenoxy) is 2. The fraction of sp³-hybridized carbons (Fsp3) is 0.625. The van der Waals surface area contributed by atoms with Gasteiger partial charge in [0.05, 0.1) is 0 Å². The highest BCUT2D eigenvalue weighted by Crippen LogP contribution is 2.32. The molecule has 0 saturated carbocycles. The van der Waals surface area contributed by atoms with Gasteiger partial charge in [0, 0.05) is 38.3 Å². The molecule has 1 unspecified atom stereocenters. The molecule has 0 radical (unpaired) electrons. The van der Waals surface area contributed by atoms with E-state index in [4.69, 9.17) is 15.2 Å². The second-order valence-corrected chi connectivity index (χ2v) is 6.09. The summed E-state index contributed by atoms with van der Waals surface area (Å²) in [7, 11) is 0. The Labute approximate surface area is 126 Å². The molecule has 0 amide bonds. The highest BCUT2D eigenvalue weighted by atomic mass is 16.6. The molecule has 116 valence electrons. The SMILES string of the molecule is CC(CN)(Cc1ccc2c(c1)OCCO2)N1CCNCC1. The van der Waals surface area contributed by atoms with E-state index in [2.05, 4.69) is 29.3 Å². The molecule has 0 bridgehead atoms. The van der Waals surface area contributed by atoms with E-state index in [0.29, 0.717) is 19.8 Å². The number of hydrogen-bond acceptors (Lipinski definition) is 5. The van der Waals surface area contributed by atoms with Crippen LogP contribution in [0.4, 0.5) is 0 Å². The lowest BCUT2D eigenvalue weighted by molar-refractivity contribution is 0.0944. The summed E-state index contributed by atoms with van der Waals surface area (Å²) in [6.45, 7) is 8.36. The van der Waals surface area contributed by atoms with Gasteiger partial charge in [0.15, 0.2) is 11.5 Å². The summed E-state index contributed by atoms with van der Waals surface area (Å²) in [6, 6.07) is 6.24. The van der Waals surface area contributed by atoms with Crippen molar-refractivity contribution in [2.45, 2.75) is 18.9 Å². The summed E-state index contributed by atoms with van der Waals surface area (Å²) in [5, 5.41) is 3.40. The van der Waals surface area contributed by atoms with E-state index in [1.54, 1.807) is 0 Å². The molecular weight excluding hydrogens is 266 g/mol. The first-order valence-electron chi connectivity index (χ1n) is 7.76. The van der Waals surface area contributed by atoms with Gasteiger partial charge in [-0.05, 0) is 31.0 Å². The van der Waals surface area contributed by atoms with Crippen LogP contribution in [0.1, 0.15) is 12.5 Å². The van der Waals surface area contributed by atoms with Crippen molar-refractivity contribution in [3.05, 3.63) is 23.8 Å². The van der Waals surface area contributed by atoms with Gasteiger partial charge in [-0.2, -0.15) is 0 Å². The Morgan fingerprint density at radius 3 is 2.62 bits per heavy atom. The molecule has 0 spiro atoms. The zero-order chi connectivity index (χ0) is 14.7. The van der Waals surface area contributed by atoms with E-state index in [9.17, 15) is 0 Å². The molecule has 5 heteroatoms. The monoisotopic (exact) mass is 291 g/mol. The van der Waals surface area contributed by atoms with Gasteiger partial charge in [-0.25, -0.2) is 0 Å². The summed E-state index contributed by atoms with van der Waals surface area (Å²) < 4.78 is 11.3. The van der Waals surface area contributed by atoms with Gasteiger partial charge in [-0.15, -0.1) is 0 Å². The third-order valence-corrected chi connectivity index (χ3v) is 4.51. The maximum Gasteiger partial charge on any atom is 0.161 e. The molecule has 2 aliphatic heterocycles. The van der Waals surface area contributed by atoms with Crippen molar-refractivity contribution in [3.63, 3.8) is 0 Å². The van der Waals surface area contributed by atoms with Crippen LogP contribution in [0.15, 0.2) is 18.2 Å². The number of benzene rings is 1. The number of nitrogens with two attached hydrogens (primary N) is 1. The number of nitrogens with one attached hydrogen (secondary N) is 1. The first-order chi connectivity index (χ1) is 10.2. The Hall–Kier alpha value is -1.30. The highest BCUT2D eigenvalue weighted by molar-refractivity contribution is 5.44. The summed E-state index contributed by atoms with van der Waals surface area (Å²) >= 11 is 0. The Balaban J connectivity index is 1.76. The zero-order valence-electron chi connectivity index (χ0n) is 12.7. The Morgan fingerprint density at radius 1 is 1.19 bits per heavy atom. The predicted octanol–water partition coefficient (Wildman–Crippen LogP) is 0.623. The van der Waals surface area contributed by atoms with E-state index in [1.807, 2.05) is 6.07 Å². The lowest BCUT2D eigenvalue weighted by Gasteiger charge is -2.43. The van der Waals surface area contributed by atoms with E-state index < -0.39 is 0 Å². The molecule has 5 nitrogen and oxygen atoms in total. The fourth-order valence-electron chi connectivity index (χ4n) is 3.16. The summed E-state index contributed by atoms with van der Waals surface area (Å²) in [4.78, 5) is 2.50. The van der Waals surface area contributed by atoms with Gasteiger partial charge >= 0.3 is 0 Å². The highest BCUT2D eigenvalue weighted by Gasteiger charge is 2.31. The average molecular weight is 291 g/mol. The van der Waals surface area contributed by atoms with Crippen molar-refractivity contribution in [1.29, 1.82) is 0 Å². The number of hydrogen-bond donors (Lipinski definition) is 2. The van der Waals surface area contributed by atoms with E-state index >= 15 is 0 Å².